The molecule has 2 rings (SSSR count). The summed E-state index contributed by atoms with van der Waals surface area (Å²) < 4.78 is 10.5. The number of ether oxygens (including phenoxy) is 1. The van der Waals surface area contributed by atoms with Crippen molar-refractivity contribution in [3.63, 3.8) is 0 Å². The molecule has 0 atom stereocenters. The molecular formula is C18H33IN4O2. The van der Waals surface area contributed by atoms with Gasteiger partial charge in [-0.25, -0.2) is 4.99 Å². The number of aryl methyl sites for hydroxylation is 1. The van der Waals surface area contributed by atoms with Crippen LogP contribution in [-0.2, 0) is 11.3 Å². The Hall–Kier alpha value is -0.830. The van der Waals surface area contributed by atoms with Crippen LogP contribution in [-0.4, -0.2) is 37.4 Å². The normalized spacial score (nSPS) is 16.4. The number of aliphatic imine (C=N–C) groups is 1. The number of nitrogens with zero attached hydrogens (tertiary/aromatic N) is 2. The summed E-state index contributed by atoms with van der Waals surface area (Å²) in [7, 11) is 0. The molecular weight excluding hydrogens is 431 g/mol. The predicted octanol–water partition coefficient (Wildman–Crippen LogP) is 3.50. The molecule has 0 bridgehead atoms. The lowest BCUT2D eigenvalue weighted by Crippen LogP contribution is -2.42. The first-order chi connectivity index (χ1) is 11.5. The van der Waals surface area contributed by atoms with Gasteiger partial charge >= 0.3 is 0 Å². The van der Waals surface area contributed by atoms with Gasteiger partial charge in [0.05, 0.1) is 6.54 Å². The fourth-order valence-electron chi connectivity index (χ4n) is 3.12. The third kappa shape index (κ3) is 8.40. The van der Waals surface area contributed by atoms with Gasteiger partial charge in [-0.2, -0.15) is 0 Å². The largest absolute Gasteiger partial charge is 0.381 e. The molecule has 0 aliphatic carbocycles. The molecule has 144 valence electrons. The van der Waals surface area contributed by atoms with Crippen LogP contribution in [0.5, 0.6) is 0 Å². The molecule has 25 heavy (non-hydrogen) atoms. The van der Waals surface area contributed by atoms with E-state index in [9.17, 15) is 0 Å². The SMILES string of the molecule is CCNC(=NCc1cc(C)on1)NCC(C)(C)CC1CCOCC1.I. The molecule has 0 unspecified atom stereocenters. The van der Waals surface area contributed by atoms with Crippen molar-refractivity contribution in [3.8, 4) is 0 Å². The second-order valence-corrected chi connectivity index (χ2v) is 7.40. The Balaban J connectivity index is 0.00000312. The molecule has 1 aliphatic heterocycles. The van der Waals surface area contributed by atoms with Crippen LogP contribution in [0.3, 0.4) is 0 Å². The summed E-state index contributed by atoms with van der Waals surface area (Å²) in [5, 5.41) is 10.8. The summed E-state index contributed by atoms with van der Waals surface area (Å²) in [5.41, 5.74) is 1.08. The number of aromatic nitrogens is 1. The van der Waals surface area contributed by atoms with Crippen LogP contribution in [0, 0.1) is 18.3 Å². The molecule has 1 fully saturated rings. The van der Waals surface area contributed by atoms with Gasteiger partial charge in [0.15, 0.2) is 5.96 Å². The number of hydrogen-bond acceptors (Lipinski definition) is 4. The first-order valence-corrected chi connectivity index (χ1v) is 9.00. The second kappa shape index (κ2) is 11.0. The summed E-state index contributed by atoms with van der Waals surface area (Å²) in [6.07, 6.45) is 3.58. The van der Waals surface area contributed by atoms with E-state index < -0.39 is 0 Å². The number of rotatable bonds is 7. The van der Waals surface area contributed by atoms with Gasteiger partial charge in [0, 0.05) is 32.4 Å². The lowest BCUT2D eigenvalue weighted by molar-refractivity contribution is 0.0517. The van der Waals surface area contributed by atoms with Crippen molar-refractivity contribution in [2.75, 3.05) is 26.3 Å². The molecule has 1 aliphatic rings. The minimum atomic E-state index is 0. The zero-order valence-electron chi connectivity index (χ0n) is 15.9. The summed E-state index contributed by atoms with van der Waals surface area (Å²) in [6.45, 7) is 12.7. The van der Waals surface area contributed by atoms with E-state index in [4.69, 9.17) is 9.26 Å². The zero-order chi connectivity index (χ0) is 17.4. The average Bonchev–Trinajstić information content (AvgIpc) is 2.96. The standard InChI is InChI=1S/C18H32N4O2.HI/c1-5-19-17(20-12-16-10-14(2)24-22-16)21-13-18(3,4)11-15-6-8-23-9-7-15;/h10,15H,5-9,11-13H2,1-4H3,(H2,19,20,21);1H. The molecule has 1 aromatic rings. The maximum absolute atomic E-state index is 5.46. The zero-order valence-corrected chi connectivity index (χ0v) is 18.3. The smallest absolute Gasteiger partial charge is 0.191 e. The van der Waals surface area contributed by atoms with Gasteiger partial charge in [-0.3, -0.25) is 0 Å². The molecule has 7 heteroatoms. The number of nitrogens with one attached hydrogen (secondary N) is 2. The van der Waals surface area contributed by atoms with Crippen molar-refractivity contribution in [3.05, 3.63) is 17.5 Å². The monoisotopic (exact) mass is 464 g/mol. The molecule has 0 radical (unpaired) electrons. The van der Waals surface area contributed by atoms with Crippen LogP contribution in [0.2, 0.25) is 0 Å². The quantitative estimate of drug-likeness (QED) is 0.367. The highest BCUT2D eigenvalue weighted by atomic mass is 127. The van der Waals surface area contributed by atoms with Crippen LogP contribution in [0.4, 0.5) is 0 Å². The first-order valence-electron chi connectivity index (χ1n) is 9.00. The van der Waals surface area contributed by atoms with Crippen molar-refractivity contribution in [2.45, 2.75) is 53.5 Å². The maximum atomic E-state index is 5.46. The van der Waals surface area contributed by atoms with Gasteiger partial charge in [0.1, 0.15) is 11.5 Å². The molecule has 2 N–H and O–H groups in total. The first kappa shape index (κ1) is 22.2. The third-order valence-corrected chi connectivity index (χ3v) is 4.34. The van der Waals surface area contributed by atoms with Crippen LogP contribution < -0.4 is 10.6 Å². The molecule has 1 aromatic heterocycles. The van der Waals surface area contributed by atoms with E-state index in [1.54, 1.807) is 0 Å². The molecule has 2 heterocycles. The topological polar surface area (TPSA) is 71.7 Å². The molecule has 0 amide bonds. The highest BCUT2D eigenvalue weighted by Gasteiger charge is 2.25. The fourth-order valence-corrected chi connectivity index (χ4v) is 3.12. The summed E-state index contributed by atoms with van der Waals surface area (Å²) in [4.78, 5) is 4.60. The third-order valence-electron chi connectivity index (χ3n) is 4.34. The Morgan fingerprint density at radius 2 is 2.04 bits per heavy atom. The van der Waals surface area contributed by atoms with Crippen LogP contribution in [0.1, 0.15) is 51.5 Å². The van der Waals surface area contributed by atoms with Crippen molar-refractivity contribution >= 4 is 29.9 Å². The van der Waals surface area contributed by atoms with Crippen molar-refractivity contribution < 1.29 is 9.26 Å². The van der Waals surface area contributed by atoms with E-state index in [0.717, 1.165) is 49.6 Å². The maximum Gasteiger partial charge on any atom is 0.191 e. The molecule has 0 aromatic carbocycles. The van der Waals surface area contributed by atoms with E-state index in [1.807, 2.05) is 13.0 Å². The van der Waals surface area contributed by atoms with Gasteiger partial charge in [-0.15, -0.1) is 24.0 Å². The fraction of sp³-hybridized carbons (Fsp3) is 0.778. The van der Waals surface area contributed by atoms with E-state index in [-0.39, 0.29) is 29.4 Å². The Morgan fingerprint density at radius 3 is 2.64 bits per heavy atom. The highest BCUT2D eigenvalue weighted by molar-refractivity contribution is 14.0. The lowest BCUT2D eigenvalue weighted by Gasteiger charge is -2.32. The van der Waals surface area contributed by atoms with Crippen LogP contribution in [0.15, 0.2) is 15.6 Å². The molecule has 0 spiro atoms. The Kier molecular flexibility index (Phi) is 9.78. The Morgan fingerprint density at radius 1 is 1.32 bits per heavy atom. The minimum Gasteiger partial charge on any atom is -0.381 e. The van der Waals surface area contributed by atoms with Gasteiger partial charge in [0.25, 0.3) is 0 Å². The average molecular weight is 464 g/mol. The van der Waals surface area contributed by atoms with Gasteiger partial charge in [-0.05, 0) is 44.4 Å². The molecule has 6 nitrogen and oxygen atoms in total. The van der Waals surface area contributed by atoms with Crippen molar-refractivity contribution in [2.24, 2.45) is 16.3 Å². The van der Waals surface area contributed by atoms with E-state index in [2.05, 4.69) is 41.6 Å². The van der Waals surface area contributed by atoms with Crippen LogP contribution in [0.25, 0.3) is 0 Å². The highest BCUT2D eigenvalue weighted by Crippen LogP contribution is 2.30. The minimum absolute atomic E-state index is 0. The predicted molar refractivity (Wildman–Crippen MR) is 111 cm³/mol. The molecule has 0 saturated carbocycles. The lowest BCUT2D eigenvalue weighted by atomic mass is 9.80. The molecule has 1 saturated heterocycles. The Labute approximate surface area is 168 Å². The second-order valence-electron chi connectivity index (χ2n) is 7.40. The van der Waals surface area contributed by atoms with Gasteiger partial charge in [0.2, 0.25) is 0 Å². The van der Waals surface area contributed by atoms with Gasteiger partial charge < -0.3 is 19.9 Å². The van der Waals surface area contributed by atoms with Crippen molar-refractivity contribution in [1.29, 1.82) is 0 Å². The number of guanidine groups is 1. The summed E-state index contributed by atoms with van der Waals surface area (Å²) in [6, 6.07) is 1.92. The van der Waals surface area contributed by atoms with E-state index >= 15 is 0 Å². The van der Waals surface area contributed by atoms with Crippen LogP contribution >= 0.6 is 24.0 Å². The van der Waals surface area contributed by atoms with Crippen molar-refractivity contribution in [1.82, 2.24) is 15.8 Å². The number of hydrogen-bond donors (Lipinski definition) is 2. The summed E-state index contributed by atoms with van der Waals surface area (Å²) in [5.74, 6) is 2.42. The van der Waals surface area contributed by atoms with E-state index in [0.29, 0.717) is 6.54 Å². The Bertz CT molecular complexity index is 525. The van der Waals surface area contributed by atoms with E-state index in [1.165, 1.54) is 19.3 Å². The number of halogens is 1. The summed E-state index contributed by atoms with van der Waals surface area (Å²) >= 11 is 0. The van der Waals surface area contributed by atoms with Gasteiger partial charge in [-0.1, -0.05) is 19.0 Å².